The van der Waals surface area contributed by atoms with E-state index in [1.165, 1.54) is 45.3 Å². The van der Waals surface area contributed by atoms with Crippen molar-refractivity contribution < 1.29 is 90.6 Å². The molecule has 0 unspecified atom stereocenters. The van der Waals surface area contributed by atoms with Gasteiger partial charge in [0.15, 0.2) is 5.88 Å². The van der Waals surface area contributed by atoms with Gasteiger partial charge >= 0.3 is 57.4 Å². The Morgan fingerprint density at radius 3 is 1.77 bits per heavy atom. The molecule has 0 spiro atoms. The fourth-order valence-electron chi connectivity index (χ4n) is 4.23. The topological polar surface area (TPSA) is 207 Å². The van der Waals surface area contributed by atoms with Crippen molar-refractivity contribution in [3.05, 3.63) is 101 Å². The van der Waals surface area contributed by atoms with E-state index in [1.807, 2.05) is 59.5 Å². The van der Waals surface area contributed by atoms with Gasteiger partial charge in [0.05, 0.1) is 45.7 Å². The van der Waals surface area contributed by atoms with Crippen LogP contribution in [0.4, 0.5) is 0 Å². The molecule has 5 aromatic rings. The summed E-state index contributed by atoms with van der Waals surface area (Å²) in [6.07, 6.45) is 0.826. The minimum Gasteiger partial charge on any atom is -0.850 e. The molecule has 0 aliphatic carbocycles. The van der Waals surface area contributed by atoms with E-state index in [-0.39, 0.29) is 75.7 Å². The molecule has 0 radical (unpaired) electrons. The molecule has 17 heteroatoms. The molecule has 5 aromatic heterocycles. The summed E-state index contributed by atoms with van der Waals surface area (Å²) in [7, 11) is 0. The minimum atomic E-state index is -0.778. The van der Waals surface area contributed by atoms with E-state index in [0.717, 1.165) is 21.1 Å². The molecule has 0 bridgehead atoms. The van der Waals surface area contributed by atoms with Gasteiger partial charge in [-0.3, -0.25) is 14.4 Å². The number of carbonyl (C=O) groups is 4. The third-order valence-corrected chi connectivity index (χ3v) is 10.5. The number of aliphatic hydroxyl groups is 1. The maximum absolute atomic E-state index is 12.1. The van der Waals surface area contributed by atoms with Crippen LogP contribution in [0, 0.1) is 0 Å². The number of esters is 1. The van der Waals surface area contributed by atoms with Gasteiger partial charge in [0, 0.05) is 20.3 Å². The Bertz CT molecular complexity index is 2170. The first kappa shape index (κ1) is 49.1. The van der Waals surface area contributed by atoms with Crippen molar-refractivity contribution >= 4 is 80.1 Å². The maximum Gasteiger partial charge on any atom is 1.00 e. The monoisotopic (exact) mass is 864 g/mol. The van der Waals surface area contributed by atoms with Crippen molar-refractivity contribution in [3.8, 4) is 16.3 Å². The molecule has 0 fully saturated rings. The summed E-state index contributed by atoms with van der Waals surface area (Å²) in [5.41, 5.74) is 6.88. The number of ether oxygens (including phenoxy) is 1. The zero-order valence-corrected chi connectivity index (χ0v) is 38.9. The smallest absolute Gasteiger partial charge is 0.850 e. The standard InChI is InChI=1S/C14H8N2O2S2.C8H8N2OS.C8H8O3S.C5H12O.C4H9O.K/c17-13-9(7-3-1-5-19-7)11-12(16-13)10(14(18)15-11)8-4-2-6-20-8;9-5-4-10-8(11)7(5)6-2-1-3-12-6;1-2-11-8(10)7(9)6-4-3-5-12-6;1-4-5(2,3)6;1-4(2,3)5;/h1-6,15,18H;1-3H,4,9H2,(H,10,11);3-5H,2H2,1H3;6H,4H2,1-3H3;1-3H3;/q;;;;-1;+1. The van der Waals surface area contributed by atoms with Gasteiger partial charge in [0.25, 0.3) is 17.6 Å². The number of hydrogen-bond donors (Lipinski definition) is 5. The molecule has 0 atom stereocenters. The number of rotatable bonds is 7. The number of nitrogens with two attached hydrogens (primary N) is 1. The van der Waals surface area contributed by atoms with Crippen LogP contribution in [0.15, 0.2) is 80.7 Å². The SMILES string of the molecule is CC(C)(C)[O-].CCC(C)(C)O.CCOC(=O)C(=O)c1cccs1.NC1=C(c2cccs2)C(=O)NC1.O=C1N=c2c(-c3cccs3)c(O)[nH]c2=C1c1cccs1.[K+]. The van der Waals surface area contributed by atoms with Crippen molar-refractivity contribution in [1.82, 2.24) is 10.3 Å². The first-order valence-electron chi connectivity index (χ1n) is 17.0. The number of Topliss-reactive ketones (excluding diaryl/α,β-unsaturated/α-hetero) is 1. The number of amides is 2. The molecule has 7 heterocycles. The van der Waals surface area contributed by atoms with Gasteiger partial charge in [-0.1, -0.05) is 52.0 Å². The number of nitrogens with one attached hydrogen (secondary N) is 2. The molecular weight excluding hydrogens is 820 g/mol. The number of hydrogen-bond acceptors (Lipinski definition) is 13. The van der Waals surface area contributed by atoms with E-state index in [1.54, 1.807) is 59.1 Å². The average molecular weight is 865 g/mol. The molecule has 7 rings (SSSR count). The molecule has 56 heavy (non-hydrogen) atoms. The largest absolute Gasteiger partial charge is 1.00 e. The summed E-state index contributed by atoms with van der Waals surface area (Å²) in [6.45, 7) is 12.8. The van der Waals surface area contributed by atoms with E-state index in [2.05, 4.69) is 20.0 Å². The van der Waals surface area contributed by atoms with Crippen LogP contribution in [0.3, 0.4) is 0 Å². The van der Waals surface area contributed by atoms with Gasteiger partial charge in [-0.05, 0) is 73.0 Å². The molecule has 294 valence electrons. The predicted molar refractivity (Wildman–Crippen MR) is 218 cm³/mol. The van der Waals surface area contributed by atoms with Crippen LogP contribution < -0.4 is 78.2 Å². The quantitative estimate of drug-likeness (QED) is 0.0703. The van der Waals surface area contributed by atoms with Crippen molar-refractivity contribution in [2.45, 2.75) is 66.1 Å². The second kappa shape index (κ2) is 22.8. The number of fused-ring (bicyclic) bond motifs is 1. The number of nitrogens with zero attached hydrogens (tertiary/aromatic N) is 1. The zero-order chi connectivity index (χ0) is 40.9. The van der Waals surface area contributed by atoms with Gasteiger partial charge in [-0.15, -0.1) is 50.9 Å². The number of aromatic amines is 1. The Labute approximate surface area is 384 Å². The molecule has 12 nitrogen and oxygen atoms in total. The summed E-state index contributed by atoms with van der Waals surface area (Å²) >= 11 is 5.75. The van der Waals surface area contributed by atoms with Gasteiger partial charge in [-0.25, -0.2) is 9.79 Å². The number of carbonyl (C=O) groups excluding carboxylic acids is 4. The normalized spacial score (nSPS) is 12.8. The Morgan fingerprint density at radius 2 is 1.36 bits per heavy atom. The van der Waals surface area contributed by atoms with Crippen LogP contribution in [0.2, 0.25) is 0 Å². The first-order valence-corrected chi connectivity index (χ1v) is 20.5. The number of aromatic hydroxyl groups is 1. The van der Waals surface area contributed by atoms with Gasteiger partial charge in [0.2, 0.25) is 0 Å². The van der Waals surface area contributed by atoms with E-state index >= 15 is 0 Å². The van der Waals surface area contributed by atoms with E-state index in [4.69, 9.17) is 10.8 Å². The fourth-order valence-corrected chi connectivity index (χ4v) is 7.23. The summed E-state index contributed by atoms with van der Waals surface area (Å²) in [4.78, 5) is 55.5. The second-order valence-corrected chi connectivity index (χ2v) is 17.0. The van der Waals surface area contributed by atoms with Crippen LogP contribution in [0.5, 0.6) is 5.88 Å². The number of thiophene rings is 4. The van der Waals surface area contributed by atoms with Crippen molar-refractivity contribution in [2.24, 2.45) is 10.7 Å². The van der Waals surface area contributed by atoms with Gasteiger partial charge < -0.3 is 36.1 Å². The summed E-state index contributed by atoms with van der Waals surface area (Å²) in [5.74, 6) is -1.60. The Kier molecular flexibility index (Phi) is 19.9. The molecule has 0 aromatic carbocycles. The molecule has 2 aliphatic heterocycles. The van der Waals surface area contributed by atoms with Crippen molar-refractivity contribution in [1.29, 1.82) is 0 Å². The third kappa shape index (κ3) is 15.0. The first-order chi connectivity index (χ1) is 25.9. The molecule has 2 amide bonds. The number of H-pyrrole nitrogens is 1. The molecule has 6 N–H and O–H groups in total. The second-order valence-electron chi connectivity index (χ2n) is 13.2. The Balaban J connectivity index is 0.000000263. The van der Waals surface area contributed by atoms with Crippen LogP contribution in [-0.2, 0) is 19.1 Å². The van der Waals surface area contributed by atoms with Crippen LogP contribution in [0.1, 0.15) is 74.3 Å². The third-order valence-electron chi connectivity index (χ3n) is 6.99. The zero-order valence-electron chi connectivity index (χ0n) is 32.6. The van der Waals surface area contributed by atoms with E-state index < -0.39 is 23.0 Å². The van der Waals surface area contributed by atoms with Crippen LogP contribution in [-0.4, -0.2) is 63.1 Å². The van der Waals surface area contributed by atoms with Gasteiger partial charge in [-0.2, -0.15) is 0 Å². The molecule has 0 saturated carbocycles. The predicted octanol–water partition coefficient (Wildman–Crippen LogP) is 2.23. The molecular formula is C39H45KN4O8S4. The summed E-state index contributed by atoms with van der Waals surface area (Å²) in [5, 5.41) is 40.4. The summed E-state index contributed by atoms with van der Waals surface area (Å²) in [6, 6.07) is 14.7. The summed E-state index contributed by atoms with van der Waals surface area (Å²) < 4.78 is 4.55. The van der Waals surface area contributed by atoms with E-state index in [0.29, 0.717) is 44.5 Å². The molecule has 2 aliphatic rings. The van der Waals surface area contributed by atoms with Crippen molar-refractivity contribution in [2.75, 3.05) is 13.2 Å². The number of aromatic nitrogens is 1. The Morgan fingerprint density at radius 1 is 0.875 bits per heavy atom. The average Bonchev–Trinajstić information content (AvgIpc) is 3.95. The minimum absolute atomic E-state index is 0. The number of ketones is 1. The van der Waals surface area contributed by atoms with Crippen LogP contribution in [0.25, 0.3) is 21.6 Å². The van der Waals surface area contributed by atoms with E-state index in [9.17, 15) is 29.4 Å². The van der Waals surface area contributed by atoms with Crippen molar-refractivity contribution in [3.63, 3.8) is 0 Å². The fraction of sp³-hybridized carbons (Fsp3) is 0.308. The van der Waals surface area contributed by atoms with Crippen LogP contribution >= 0.6 is 45.3 Å². The maximum atomic E-state index is 12.1. The Hall–Kier alpha value is -3.07. The van der Waals surface area contributed by atoms with Gasteiger partial charge in [0.1, 0.15) is 5.36 Å². The molecule has 0 saturated heterocycles.